The molecule has 0 radical (unpaired) electrons. The molecule has 0 saturated carbocycles. The molecule has 0 aliphatic heterocycles. The molecule has 2 aromatic rings. The van der Waals surface area contributed by atoms with Crippen molar-refractivity contribution >= 4 is 5.96 Å². The van der Waals surface area contributed by atoms with E-state index in [9.17, 15) is 0 Å². The first-order chi connectivity index (χ1) is 15.6. The summed E-state index contributed by atoms with van der Waals surface area (Å²) in [5, 5.41) is 6.84. The van der Waals surface area contributed by atoms with E-state index >= 15 is 0 Å². The second kappa shape index (κ2) is 15.4. The van der Waals surface area contributed by atoms with Gasteiger partial charge in [0.15, 0.2) is 5.96 Å². The summed E-state index contributed by atoms with van der Waals surface area (Å²) in [4.78, 5) is 6.74. The highest BCUT2D eigenvalue weighted by Gasteiger charge is 2.10. The summed E-state index contributed by atoms with van der Waals surface area (Å²) in [5.74, 6) is 0.821. The van der Waals surface area contributed by atoms with Gasteiger partial charge >= 0.3 is 0 Å². The van der Waals surface area contributed by atoms with E-state index in [-0.39, 0.29) is 0 Å². The summed E-state index contributed by atoms with van der Waals surface area (Å²) < 4.78 is 11.0. The maximum atomic E-state index is 5.67. The van der Waals surface area contributed by atoms with Crippen molar-refractivity contribution in [3.63, 3.8) is 0 Å². The zero-order chi connectivity index (χ0) is 23.0. The summed E-state index contributed by atoms with van der Waals surface area (Å²) in [6.45, 7) is 9.38. The third kappa shape index (κ3) is 10.3. The molecule has 0 aliphatic carbocycles. The van der Waals surface area contributed by atoms with Gasteiger partial charge in [-0.15, -0.1) is 0 Å². The van der Waals surface area contributed by atoms with E-state index in [1.807, 2.05) is 14.0 Å². The second-order valence-electron chi connectivity index (χ2n) is 7.96. The second-order valence-corrected chi connectivity index (χ2v) is 7.96. The van der Waals surface area contributed by atoms with Crippen molar-refractivity contribution in [2.75, 3.05) is 40.5 Å². The maximum Gasteiger partial charge on any atom is 0.191 e. The minimum absolute atomic E-state index is 0.472. The topological polar surface area (TPSA) is 58.1 Å². The molecule has 0 bridgehead atoms. The number of guanidine groups is 1. The van der Waals surface area contributed by atoms with Gasteiger partial charge in [-0.25, -0.2) is 0 Å². The monoisotopic (exact) mass is 440 g/mol. The Morgan fingerprint density at radius 2 is 1.69 bits per heavy atom. The number of nitrogens with zero attached hydrogens (tertiary/aromatic N) is 2. The van der Waals surface area contributed by atoms with E-state index in [0.29, 0.717) is 25.9 Å². The summed E-state index contributed by atoms with van der Waals surface area (Å²) in [6, 6.07) is 19.5. The van der Waals surface area contributed by atoms with Gasteiger partial charge in [0.05, 0.1) is 19.8 Å². The van der Waals surface area contributed by atoms with Crippen molar-refractivity contribution in [3.8, 4) is 0 Å². The Bertz CT molecular complexity index is 782. The Hall–Kier alpha value is -2.41. The summed E-state index contributed by atoms with van der Waals surface area (Å²) in [5.41, 5.74) is 3.71. The quantitative estimate of drug-likeness (QED) is 0.266. The zero-order valence-electron chi connectivity index (χ0n) is 20.1. The average Bonchev–Trinajstić information content (AvgIpc) is 2.82. The van der Waals surface area contributed by atoms with Gasteiger partial charge < -0.3 is 20.1 Å². The van der Waals surface area contributed by atoms with Crippen LogP contribution in [0.3, 0.4) is 0 Å². The highest BCUT2D eigenvalue weighted by atomic mass is 16.5. The van der Waals surface area contributed by atoms with Crippen LogP contribution in [0.2, 0.25) is 0 Å². The van der Waals surface area contributed by atoms with Crippen LogP contribution in [0.5, 0.6) is 0 Å². The van der Waals surface area contributed by atoms with Crippen LogP contribution in [0, 0.1) is 0 Å². The molecule has 1 atom stereocenters. The lowest BCUT2D eigenvalue weighted by atomic mass is 10.1. The summed E-state index contributed by atoms with van der Waals surface area (Å²) in [7, 11) is 3.99. The van der Waals surface area contributed by atoms with Gasteiger partial charge in [-0.2, -0.15) is 0 Å². The van der Waals surface area contributed by atoms with Gasteiger partial charge in [0, 0.05) is 39.3 Å². The van der Waals surface area contributed by atoms with Crippen molar-refractivity contribution in [2.24, 2.45) is 4.99 Å². The molecule has 1 unspecified atom stereocenters. The van der Waals surface area contributed by atoms with Gasteiger partial charge in [0.1, 0.15) is 0 Å². The molecule has 0 aromatic heterocycles. The number of rotatable bonds is 14. The first-order valence-electron chi connectivity index (χ1n) is 11.5. The smallest absolute Gasteiger partial charge is 0.191 e. The molecule has 6 nitrogen and oxygen atoms in total. The predicted molar refractivity (Wildman–Crippen MR) is 133 cm³/mol. The number of ether oxygens (including phenoxy) is 2. The molecule has 0 saturated heterocycles. The van der Waals surface area contributed by atoms with Crippen molar-refractivity contribution in [3.05, 3.63) is 71.3 Å². The first-order valence-corrected chi connectivity index (χ1v) is 11.5. The number of hydrogen-bond donors (Lipinski definition) is 2. The van der Waals surface area contributed by atoms with Crippen LogP contribution in [0.25, 0.3) is 0 Å². The Morgan fingerprint density at radius 1 is 0.969 bits per heavy atom. The first kappa shape index (κ1) is 25.8. The molecular weight excluding hydrogens is 400 g/mol. The van der Waals surface area contributed by atoms with Gasteiger partial charge in [-0.1, -0.05) is 54.6 Å². The van der Waals surface area contributed by atoms with Crippen molar-refractivity contribution in [2.45, 2.75) is 46.0 Å². The van der Waals surface area contributed by atoms with Crippen molar-refractivity contribution < 1.29 is 9.47 Å². The molecule has 2 N–H and O–H groups in total. The Labute approximate surface area is 194 Å². The highest BCUT2D eigenvalue weighted by molar-refractivity contribution is 5.79. The minimum Gasteiger partial charge on any atom is -0.379 e. The minimum atomic E-state index is 0.472. The van der Waals surface area contributed by atoms with E-state index < -0.39 is 0 Å². The van der Waals surface area contributed by atoms with Crippen LogP contribution >= 0.6 is 0 Å². The van der Waals surface area contributed by atoms with Crippen molar-refractivity contribution in [1.29, 1.82) is 0 Å². The number of hydrogen-bond acceptors (Lipinski definition) is 4. The molecule has 176 valence electrons. The third-order valence-corrected chi connectivity index (χ3v) is 5.40. The maximum absolute atomic E-state index is 5.67. The lowest BCUT2D eigenvalue weighted by molar-refractivity contribution is 0.0453. The lowest BCUT2D eigenvalue weighted by Crippen LogP contribution is -2.39. The van der Waals surface area contributed by atoms with Crippen LogP contribution < -0.4 is 10.6 Å². The SMILES string of the molecule is CCOCCOCc1cccc(CNC(=NC)NCCC(C)N(C)Cc2ccccc2)c1. The number of aliphatic imine (C=N–C) groups is 1. The molecule has 0 aliphatic rings. The van der Waals surface area contributed by atoms with Gasteiger partial charge in [-0.05, 0) is 44.0 Å². The molecule has 0 fully saturated rings. The van der Waals surface area contributed by atoms with E-state index in [2.05, 4.69) is 89.1 Å². The Balaban J connectivity index is 1.68. The van der Waals surface area contributed by atoms with E-state index in [0.717, 1.165) is 38.6 Å². The molecule has 6 heteroatoms. The Kier molecular flexibility index (Phi) is 12.4. The Morgan fingerprint density at radius 3 is 2.44 bits per heavy atom. The molecule has 32 heavy (non-hydrogen) atoms. The summed E-state index contributed by atoms with van der Waals surface area (Å²) >= 11 is 0. The lowest BCUT2D eigenvalue weighted by Gasteiger charge is -2.25. The molecule has 2 rings (SSSR count). The summed E-state index contributed by atoms with van der Waals surface area (Å²) in [6.07, 6.45) is 1.04. The molecule has 0 spiro atoms. The van der Waals surface area contributed by atoms with Crippen LogP contribution in [0.15, 0.2) is 59.6 Å². The van der Waals surface area contributed by atoms with Crippen LogP contribution in [0.4, 0.5) is 0 Å². The van der Waals surface area contributed by atoms with Gasteiger partial charge in [0.25, 0.3) is 0 Å². The van der Waals surface area contributed by atoms with Gasteiger partial charge in [-0.3, -0.25) is 9.89 Å². The largest absolute Gasteiger partial charge is 0.379 e. The third-order valence-electron chi connectivity index (χ3n) is 5.40. The fourth-order valence-electron chi connectivity index (χ4n) is 3.34. The fourth-order valence-corrected chi connectivity index (χ4v) is 3.34. The predicted octanol–water partition coefficient (Wildman–Crippen LogP) is 3.82. The van der Waals surface area contributed by atoms with Gasteiger partial charge in [0.2, 0.25) is 0 Å². The van der Waals surface area contributed by atoms with Crippen molar-refractivity contribution in [1.82, 2.24) is 15.5 Å². The van der Waals surface area contributed by atoms with Crippen LogP contribution in [0.1, 0.15) is 37.0 Å². The highest BCUT2D eigenvalue weighted by Crippen LogP contribution is 2.08. The number of nitrogens with one attached hydrogen (secondary N) is 2. The standard InChI is InChI=1S/C26H40N4O2/c1-5-31-16-17-32-21-25-13-9-12-24(18-25)19-29-26(27-3)28-15-14-22(2)30(4)20-23-10-7-6-8-11-23/h6-13,18,22H,5,14-17,19-21H2,1-4H3,(H2,27,28,29). The number of benzene rings is 2. The van der Waals surface area contributed by atoms with Crippen LogP contribution in [-0.4, -0.2) is 57.4 Å². The van der Waals surface area contributed by atoms with Crippen LogP contribution in [-0.2, 0) is 29.2 Å². The average molecular weight is 441 g/mol. The molecule has 0 amide bonds. The van der Waals surface area contributed by atoms with E-state index in [4.69, 9.17) is 9.47 Å². The fraction of sp³-hybridized carbons (Fsp3) is 0.500. The molecule has 0 heterocycles. The van der Waals surface area contributed by atoms with E-state index in [1.54, 1.807) is 0 Å². The molecular formula is C26H40N4O2. The molecule has 2 aromatic carbocycles. The zero-order valence-corrected chi connectivity index (χ0v) is 20.1. The van der Waals surface area contributed by atoms with E-state index in [1.165, 1.54) is 16.7 Å². The normalized spacial score (nSPS) is 12.7.